The number of β-lactam (4-membered cyclic amide) rings is 1. The Kier molecular flexibility index (Phi) is 2.69. The van der Waals surface area contributed by atoms with Crippen LogP contribution >= 0.6 is 0 Å². The molecule has 2 aliphatic heterocycles. The molecule has 112 valence electrons. The zero-order valence-corrected chi connectivity index (χ0v) is 12.9. The molecule has 6 nitrogen and oxygen atoms in total. The monoisotopic (exact) mass is 289 g/mol. The van der Waals surface area contributed by atoms with Crippen LogP contribution in [-0.2, 0) is 9.53 Å². The summed E-state index contributed by atoms with van der Waals surface area (Å²) < 4.78 is 11.2. The fourth-order valence-corrected chi connectivity index (χ4v) is 2.73. The minimum Gasteiger partial charge on any atom is -0.497 e. The molecule has 0 aliphatic carbocycles. The van der Waals surface area contributed by atoms with E-state index in [4.69, 9.17) is 9.47 Å². The highest BCUT2D eigenvalue weighted by Gasteiger charge is 2.72. The first-order chi connectivity index (χ1) is 9.73. The molecule has 1 saturated heterocycles. The lowest BCUT2D eigenvalue weighted by Crippen LogP contribution is -2.76. The summed E-state index contributed by atoms with van der Waals surface area (Å²) in [6, 6.07) is 7.24. The molecule has 1 aromatic rings. The summed E-state index contributed by atoms with van der Waals surface area (Å²) in [4.78, 5) is 14.1. The van der Waals surface area contributed by atoms with Crippen molar-refractivity contribution in [3.63, 3.8) is 0 Å². The molecule has 1 amide bonds. The Labute approximate surface area is 123 Å². The number of azo groups is 1. The smallest absolute Gasteiger partial charge is 0.280 e. The van der Waals surface area contributed by atoms with E-state index in [1.165, 1.54) is 0 Å². The Bertz CT molecular complexity index is 622. The van der Waals surface area contributed by atoms with Crippen LogP contribution in [0.1, 0.15) is 27.7 Å². The van der Waals surface area contributed by atoms with Crippen LogP contribution in [0.4, 0.5) is 5.69 Å². The summed E-state index contributed by atoms with van der Waals surface area (Å²) in [5, 5.41) is 8.47. The van der Waals surface area contributed by atoms with E-state index < -0.39 is 17.0 Å². The number of carbonyl (C=O) groups excluding carboxylic acids is 1. The molecule has 2 heterocycles. The second kappa shape index (κ2) is 4.04. The molecule has 2 aliphatic rings. The third-order valence-corrected chi connectivity index (χ3v) is 4.00. The maximum absolute atomic E-state index is 12.5. The lowest BCUT2D eigenvalue weighted by molar-refractivity contribution is -0.202. The number of amides is 1. The van der Waals surface area contributed by atoms with Crippen molar-refractivity contribution in [1.82, 2.24) is 0 Å². The maximum atomic E-state index is 12.5. The second-order valence-electron chi connectivity index (χ2n) is 6.32. The van der Waals surface area contributed by atoms with E-state index >= 15 is 0 Å². The van der Waals surface area contributed by atoms with Gasteiger partial charge in [0.1, 0.15) is 11.2 Å². The van der Waals surface area contributed by atoms with Gasteiger partial charge < -0.3 is 9.47 Å². The Balaban J connectivity index is 2.01. The number of benzene rings is 1. The van der Waals surface area contributed by atoms with Gasteiger partial charge in [-0.2, -0.15) is 5.11 Å². The summed E-state index contributed by atoms with van der Waals surface area (Å²) in [7, 11) is 1.60. The van der Waals surface area contributed by atoms with Gasteiger partial charge in [0.2, 0.25) is 5.91 Å². The standard InChI is InChI=1S/C15H19N3O3/c1-13(2)12(19)18(10-6-8-11(20-5)9-7-10)15(13)17-16-14(3,4)21-15/h6-9H,1-5H3. The molecule has 21 heavy (non-hydrogen) atoms. The van der Waals surface area contributed by atoms with Crippen molar-refractivity contribution in [2.24, 2.45) is 15.6 Å². The predicted molar refractivity (Wildman–Crippen MR) is 77.0 cm³/mol. The van der Waals surface area contributed by atoms with Gasteiger partial charge in [-0.05, 0) is 52.0 Å². The number of rotatable bonds is 2. The van der Waals surface area contributed by atoms with Crippen LogP contribution in [0.3, 0.4) is 0 Å². The van der Waals surface area contributed by atoms with Crippen LogP contribution in [-0.4, -0.2) is 24.6 Å². The molecule has 0 aromatic heterocycles. The molecule has 0 N–H and O–H groups in total. The van der Waals surface area contributed by atoms with Crippen LogP contribution < -0.4 is 9.64 Å². The van der Waals surface area contributed by atoms with Crippen molar-refractivity contribution in [1.29, 1.82) is 0 Å². The second-order valence-corrected chi connectivity index (χ2v) is 6.32. The first-order valence-corrected chi connectivity index (χ1v) is 6.86. The highest BCUT2D eigenvalue weighted by Crippen LogP contribution is 2.56. The van der Waals surface area contributed by atoms with Crippen LogP contribution in [0.15, 0.2) is 34.5 Å². The van der Waals surface area contributed by atoms with Gasteiger partial charge in [-0.15, -0.1) is 5.11 Å². The van der Waals surface area contributed by atoms with Crippen LogP contribution in [0.5, 0.6) is 5.75 Å². The molecule has 3 rings (SSSR count). The molecule has 0 saturated carbocycles. The van der Waals surface area contributed by atoms with E-state index in [2.05, 4.69) is 10.2 Å². The minimum atomic E-state index is -1.07. The molecule has 0 radical (unpaired) electrons. The van der Waals surface area contributed by atoms with Gasteiger partial charge in [0.25, 0.3) is 5.85 Å². The molecule has 1 atom stereocenters. The highest BCUT2D eigenvalue weighted by molar-refractivity contribution is 6.06. The molecule has 1 fully saturated rings. The Morgan fingerprint density at radius 1 is 1.10 bits per heavy atom. The number of methoxy groups -OCH3 is 1. The lowest BCUT2D eigenvalue weighted by Gasteiger charge is -2.56. The average Bonchev–Trinajstić information content (AvgIpc) is 2.78. The molecular weight excluding hydrogens is 270 g/mol. The van der Waals surface area contributed by atoms with E-state index in [0.717, 1.165) is 11.4 Å². The van der Waals surface area contributed by atoms with Gasteiger partial charge in [-0.1, -0.05) is 0 Å². The number of ether oxygens (including phenoxy) is 2. The van der Waals surface area contributed by atoms with Gasteiger partial charge in [-0.3, -0.25) is 9.69 Å². The quantitative estimate of drug-likeness (QED) is 0.786. The van der Waals surface area contributed by atoms with Crippen molar-refractivity contribution in [3.8, 4) is 5.75 Å². The van der Waals surface area contributed by atoms with E-state index in [-0.39, 0.29) is 5.91 Å². The highest BCUT2D eigenvalue weighted by atomic mass is 16.6. The summed E-state index contributed by atoms with van der Waals surface area (Å²) in [6.07, 6.45) is 0. The first-order valence-electron chi connectivity index (χ1n) is 6.86. The van der Waals surface area contributed by atoms with E-state index in [1.54, 1.807) is 24.1 Å². The molecular formula is C15H19N3O3. The van der Waals surface area contributed by atoms with Crippen LogP contribution in [0, 0.1) is 5.41 Å². The zero-order valence-electron chi connectivity index (χ0n) is 12.9. The topological polar surface area (TPSA) is 63.5 Å². The molecule has 1 unspecified atom stereocenters. The number of nitrogens with zero attached hydrogens (tertiary/aromatic N) is 3. The third kappa shape index (κ3) is 1.72. The van der Waals surface area contributed by atoms with Crippen molar-refractivity contribution in [2.75, 3.05) is 12.0 Å². The molecule has 1 spiro atoms. The third-order valence-electron chi connectivity index (χ3n) is 4.00. The summed E-state index contributed by atoms with van der Waals surface area (Å²) in [5.74, 6) is -0.374. The van der Waals surface area contributed by atoms with E-state index in [0.29, 0.717) is 0 Å². The fraction of sp³-hybridized carbons (Fsp3) is 0.533. The van der Waals surface area contributed by atoms with E-state index in [1.807, 2.05) is 39.8 Å². The van der Waals surface area contributed by atoms with Crippen molar-refractivity contribution in [2.45, 2.75) is 39.3 Å². The maximum Gasteiger partial charge on any atom is 0.280 e. The largest absolute Gasteiger partial charge is 0.497 e. The van der Waals surface area contributed by atoms with Crippen molar-refractivity contribution in [3.05, 3.63) is 24.3 Å². The van der Waals surface area contributed by atoms with Crippen molar-refractivity contribution >= 4 is 11.6 Å². The number of carbonyl (C=O) groups is 1. The minimum absolute atomic E-state index is 0.0377. The van der Waals surface area contributed by atoms with Gasteiger partial charge in [0.15, 0.2) is 5.72 Å². The van der Waals surface area contributed by atoms with Gasteiger partial charge >= 0.3 is 0 Å². The number of hydrogen-bond acceptors (Lipinski definition) is 5. The zero-order chi connectivity index (χ0) is 15.5. The van der Waals surface area contributed by atoms with E-state index in [9.17, 15) is 4.79 Å². The Morgan fingerprint density at radius 2 is 1.71 bits per heavy atom. The summed E-state index contributed by atoms with van der Waals surface area (Å²) >= 11 is 0. The summed E-state index contributed by atoms with van der Waals surface area (Å²) in [6.45, 7) is 7.32. The van der Waals surface area contributed by atoms with Gasteiger partial charge in [-0.25, -0.2) is 0 Å². The molecule has 6 heteroatoms. The lowest BCUT2D eigenvalue weighted by atomic mass is 9.75. The average molecular weight is 289 g/mol. The van der Waals surface area contributed by atoms with Gasteiger partial charge in [0.05, 0.1) is 7.11 Å². The Morgan fingerprint density at radius 3 is 2.19 bits per heavy atom. The Hall–Kier alpha value is -1.95. The summed E-state index contributed by atoms with van der Waals surface area (Å²) in [5.41, 5.74) is -0.760. The molecule has 0 bridgehead atoms. The normalized spacial score (nSPS) is 28.8. The fourth-order valence-electron chi connectivity index (χ4n) is 2.73. The first kappa shape index (κ1) is 14.0. The predicted octanol–water partition coefficient (Wildman–Crippen LogP) is 2.94. The van der Waals surface area contributed by atoms with Crippen LogP contribution in [0.2, 0.25) is 0 Å². The number of anilines is 1. The van der Waals surface area contributed by atoms with Crippen LogP contribution in [0.25, 0.3) is 0 Å². The number of hydrogen-bond donors (Lipinski definition) is 0. The SMILES string of the molecule is COc1ccc(N2C(=O)C(C)(C)C23N=NC(C)(C)O3)cc1. The van der Waals surface area contributed by atoms with Crippen molar-refractivity contribution < 1.29 is 14.3 Å². The molecule has 1 aromatic carbocycles. The van der Waals surface area contributed by atoms with Gasteiger partial charge in [0, 0.05) is 5.69 Å².